The molecular weight excluding hydrogens is 232 g/mol. The van der Waals surface area contributed by atoms with Crippen LogP contribution in [0.5, 0.6) is 5.75 Å². The molecular formula is C14H10O4. The highest BCUT2D eigenvalue weighted by molar-refractivity contribution is 5.85. The van der Waals surface area contributed by atoms with E-state index in [2.05, 4.69) is 0 Å². The second kappa shape index (κ2) is 2.96. The maximum Gasteiger partial charge on any atom is 0.344 e. The molecule has 0 aliphatic carbocycles. The molecule has 1 aromatic heterocycles. The molecule has 0 N–H and O–H groups in total. The lowest BCUT2D eigenvalue weighted by molar-refractivity contribution is -0.107. The molecule has 2 aliphatic heterocycles. The highest BCUT2D eigenvalue weighted by Gasteiger charge is 2.51. The second-order valence-electron chi connectivity index (χ2n) is 4.67. The van der Waals surface area contributed by atoms with Crippen LogP contribution in [0, 0.1) is 0 Å². The summed E-state index contributed by atoms with van der Waals surface area (Å²) in [5.41, 5.74) is 0.728. The topological polar surface area (TPSA) is 48.7 Å². The molecule has 3 heterocycles. The summed E-state index contributed by atoms with van der Waals surface area (Å²) in [5.74, 6) is -0.437. The predicted molar refractivity (Wildman–Crippen MR) is 64.5 cm³/mol. The maximum absolute atomic E-state index is 12.1. The Kier molecular flexibility index (Phi) is 1.60. The van der Waals surface area contributed by atoms with Crippen LogP contribution in [0.3, 0.4) is 0 Å². The Morgan fingerprint density at radius 3 is 3.00 bits per heavy atom. The van der Waals surface area contributed by atoms with Crippen LogP contribution in [0.1, 0.15) is 18.4 Å². The van der Waals surface area contributed by atoms with Crippen molar-refractivity contribution in [3.63, 3.8) is 0 Å². The van der Waals surface area contributed by atoms with Crippen LogP contribution in [0.2, 0.25) is 0 Å². The van der Waals surface area contributed by atoms with Crippen LogP contribution < -0.4 is 10.4 Å². The second-order valence-corrected chi connectivity index (χ2v) is 4.67. The zero-order valence-electron chi connectivity index (χ0n) is 9.67. The molecule has 0 spiro atoms. The predicted octanol–water partition coefficient (Wildman–Crippen LogP) is 2.53. The van der Waals surface area contributed by atoms with Gasteiger partial charge in [-0.2, -0.15) is 0 Å². The molecule has 18 heavy (non-hydrogen) atoms. The Labute approximate surface area is 102 Å². The number of hydrogen-bond acceptors (Lipinski definition) is 4. The van der Waals surface area contributed by atoms with Crippen LogP contribution in [-0.2, 0) is 4.74 Å². The first kappa shape index (κ1) is 9.76. The van der Waals surface area contributed by atoms with Gasteiger partial charge < -0.3 is 13.9 Å². The lowest BCUT2D eigenvalue weighted by atomic mass is 9.96. The Bertz CT molecular complexity index is 743. The first-order valence-corrected chi connectivity index (χ1v) is 5.78. The van der Waals surface area contributed by atoms with E-state index in [-0.39, 0.29) is 11.5 Å². The summed E-state index contributed by atoms with van der Waals surface area (Å²) in [6.45, 7) is 1.83. The van der Waals surface area contributed by atoms with Crippen molar-refractivity contribution in [3.8, 4) is 5.75 Å². The molecule has 0 bridgehead atoms. The number of hydrogen-bond donors (Lipinski definition) is 0. The lowest BCUT2D eigenvalue weighted by Gasteiger charge is -2.22. The smallest absolute Gasteiger partial charge is 0.344 e. The summed E-state index contributed by atoms with van der Waals surface area (Å²) < 4.78 is 16.7. The molecule has 0 amide bonds. The number of benzene rings is 1. The molecule has 90 valence electrons. The fraction of sp³-hybridized carbons (Fsp3) is 0.214. The number of ether oxygens (including phenoxy) is 2. The summed E-state index contributed by atoms with van der Waals surface area (Å²) in [7, 11) is 0. The maximum atomic E-state index is 12.1. The molecule has 1 aromatic carbocycles. The third-order valence-corrected chi connectivity index (χ3v) is 3.55. The highest BCUT2D eigenvalue weighted by atomic mass is 16.7. The van der Waals surface area contributed by atoms with Gasteiger partial charge >= 0.3 is 5.63 Å². The molecule has 2 aliphatic rings. The van der Waals surface area contributed by atoms with Crippen molar-refractivity contribution in [2.45, 2.75) is 18.6 Å². The van der Waals surface area contributed by atoms with E-state index in [4.69, 9.17) is 13.9 Å². The minimum Gasteiger partial charge on any atom is -0.460 e. The average Bonchev–Trinajstić information content (AvgIpc) is 2.83. The van der Waals surface area contributed by atoms with Crippen LogP contribution in [0.25, 0.3) is 11.0 Å². The van der Waals surface area contributed by atoms with Gasteiger partial charge in [0, 0.05) is 6.92 Å². The Balaban J connectivity index is 2.12. The largest absolute Gasteiger partial charge is 0.460 e. The van der Waals surface area contributed by atoms with Crippen LogP contribution in [0.15, 0.2) is 45.8 Å². The SMILES string of the molecule is C[C@]12OC=C[C@H]1c1c(c3ccccc3oc1=O)O2. The van der Waals surface area contributed by atoms with Crippen LogP contribution in [-0.4, -0.2) is 5.79 Å². The monoisotopic (exact) mass is 242 g/mol. The molecule has 4 nitrogen and oxygen atoms in total. The molecule has 4 heteroatoms. The van der Waals surface area contributed by atoms with E-state index in [0.717, 1.165) is 5.39 Å². The van der Waals surface area contributed by atoms with Crippen molar-refractivity contribution < 1.29 is 13.9 Å². The van der Waals surface area contributed by atoms with Crippen LogP contribution >= 0.6 is 0 Å². The quantitative estimate of drug-likeness (QED) is 0.666. The average molecular weight is 242 g/mol. The Morgan fingerprint density at radius 2 is 2.11 bits per heavy atom. The number of fused-ring (bicyclic) bond motifs is 5. The van der Waals surface area contributed by atoms with E-state index in [0.29, 0.717) is 16.9 Å². The highest BCUT2D eigenvalue weighted by Crippen LogP contribution is 2.49. The van der Waals surface area contributed by atoms with Crippen molar-refractivity contribution in [1.82, 2.24) is 0 Å². The first-order valence-electron chi connectivity index (χ1n) is 5.78. The third kappa shape index (κ3) is 1.03. The zero-order valence-corrected chi connectivity index (χ0v) is 9.67. The van der Waals surface area contributed by atoms with Gasteiger partial charge in [-0.05, 0) is 18.2 Å². The van der Waals surface area contributed by atoms with Gasteiger partial charge in [0.05, 0.1) is 23.1 Å². The van der Waals surface area contributed by atoms with Gasteiger partial charge in [-0.15, -0.1) is 0 Å². The summed E-state index contributed by atoms with van der Waals surface area (Å²) in [6, 6.07) is 7.35. The molecule has 0 saturated carbocycles. The van der Waals surface area contributed by atoms with Gasteiger partial charge in [0.15, 0.2) is 0 Å². The van der Waals surface area contributed by atoms with Crippen molar-refractivity contribution in [3.05, 3.63) is 52.6 Å². The van der Waals surface area contributed by atoms with Gasteiger partial charge in [0.2, 0.25) is 0 Å². The van der Waals surface area contributed by atoms with Crippen molar-refractivity contribution in [2.75, 3.05) is 0 Å². The van der Waals surface area contributed by atoms with Gasteiger partial charge in [-0.3, -0.25) is 0 Å². The Morgan fingerprint density at radius 1 is 1.28 bits per heavy atom. The summed E-state index contributed by atoms with van der Waals surface area (Å²) in [4.78, 5) is 12.1. The van der Waals surface area contributed by atoms with Gasteiger partial charge in [-0.1, -0.05) is 12.1 Å². The molecule has 0 saturated heterocycles. The van der Waals surface area contributed by atoms with Crippen molar-refractivity contribution in [1.29, 1.82) is 0 Å². The van der Waals surface area contributed by atoms with E-state index in [1.807, 2.05) is 31.2 Å². The molecule has 2 atom stereocenters. The standard InChI is InChI=1S/C14H10O4/c1-14-9(6-7-16-14)11-12(18-14)8-4-2-3-5-10(8)17-13(11)15/h2-7,9H,1H3/t9-,14+/m0/s1. The zero-order chi connectivity index (χ0) is 12.3. The first-order chi connectivity index (χ1) is 8.69. The molecule has 0 fully saturated rings. The normalized spacial score (nSPS) is 27.7. The van der Waals surface area contributed by atoms with Crippen LogP contribution in [0.4, 0.5) is 0 Å². The summed E-state index contributed by atoms with van der Waals surface area (Å²) in [6.07, 6.45) is 3.40. The summed E-state index contributed by atoms with van der Waals surface area (Å²) in [5, 5.41) is 0.805. The fourth-order valence-electron chi connectivity index (χ4n) is 2.66. The summed E-state index contributed by atoms with van der Waals surface area (Å²) >= 11 is 0. The van der Waals surface area contributed by atoms with E-state index < -0.39 is 5.79 Å². The fourth-order valence-corrected chi connectivity index (χ4v) is 2.66. The minimum absolute atomic E-state index is 0.201. The van der Waals surface area contributed by atoms with Gasteiger partial charge in [0.1, 0.15) is 11.3 Å². The van der Waals surface area contributed by atoms with Crippen molar-refractivity contribution >= 4 is 11.0 Å². The molecule has 0 radical (unpaired) electrons. The van der Waals surface area contributed by atoms with E-state index in [9.17, 15) is 4.79 Å². The lowest BCUT2D eigenvalue weighted by Crippen LogP contribution is -2.32. The molecule has 2 aromatic rings. The minimum atomic E-state index is -0.818. The molecule has 0 unspecified atom stereocenters. The van der Waals surface area contributed by atoms with E-state index >= 15 is 0 Å². The number of para-hydroxylation sites is 1. The molecule has 4 rings (SSSR count). The van der Waals surface area contributed by atoms with Crippen molar-refractivity contribution in [2.24, 2.45) is 0 Å². The Hall–Kier alpha value is -2.23. The van der Waals surface area contributed by atoms with E-state index in [1.54, 1.807) is 12.3 Å². The third-order valence-electron chi connectivity index (χ3n) is 3.55. The van der Waals surface area contributed by atoms with E-state index in [1.165, 1.54) is 0 Å². The van der Waals surface area contributed by atoms with Gasteiger partial charge in [0.25, 0.3) is 5.79 Å². The number of rotatable bonds is 0. The van der Waals surface area contributed by atoms with Gasteiger partial charge in [-0.25, -0.2) is 4.79 Å².